The van der Waals surface area contributed by atoms with Gasteiger partial charge in [0.1, 0.15) is 0 Å². The van der Waals surface area contributed by atoms with Gasteiger partial charge in [-0.25, -0.2) is 4.99 Å². The van der Waals surface area contributed by atoms with Crippen molar-refractivity contribution in [2.24, 2.45) is 4.99 Å². The fourth-order valence-electron chi connectivity index (χ4n) is 1.94. The molecule has 1 aliphatic rings. The second kappa shape index (κ2) is 4.27. The normalized spacial score (nSPS) is 18.2. The van der Waals surface area contributed by atoms with Crippen LogP contribution in [0.1, 0.15) is 11.8 Å². The van der Waals surface area contributed by atoms with E-state index in [1.807, 2.05) is 18.2 Å². The van der Waals surface area contributed by atoms with Crippen molar-refractivity contribution in [2.75, 3.05) is 5.32 Å². The zero-order valence-corrected chi connectivity index (χ0v) is 11.7. The van der Waals surface area contributed by atoms with Crippen molar-refractivity contribution in [3.05, 3.63) is 45.1 Å². The summed E-state index contributed by atoms with van der Waals surface area (Å²) in [6.07, 6.45) is 0. The highest BCUT2D eigenvalue weighted by Gasteiger charge is 2.20. The van der Waals surface area contributed by atoms with Gasteiger partial charge in [-0.1, -0.05) is 12.1 Å². The first kappa shape index (κ1) is 11.0. The number of nitrogens with one attached hydrogen (secondary N) is 1. The minimum atomic E-state index is 0.246. The molecule has 0 radical (unpaired) electrons. The van der Waals surface area contributed by atoms with E-state index in [4.69, 9.17) is 4.99 Å². The molecule has 0 saturated carbocycles. The first-order chi connectivity index (χ1) is 8.24. The highest BCUT2D eigenvalue weighted by Crippen LogP contribution is 2.33. The molecule has 0 saturated heterocycles. The Morgan fingerprint density at radius 2 is 2.06 bits per heavy atom. The molecule has 0 fully saturated rings. The molecular formula is C13H11BrN2S. The SMILES string of the molecule is C[C@@H]1Nc2ccccc2N=C1c1ccc(Br)s1. The standard InChI is InChI=1S/C13H11BrN2S/c1-8-13(11-6-7-12(14)17-11)16-10-5-3-2-4-9(10)15-8/h2-8,15H,1H3/t8-/m0/s1. The lowest BCUT2D eigenvalue weighted by molar-refractivity contribution is 1.03. The maximum absolute atomic E-state index is 4.75. The summed E-state index contributed by atoms with van der Waals surface area (Å²) < 4.78 is 1.14. The van der Waals surface area contributed by atoms with E-state index in [9.17, 15) is 0 Å². The molecule has 2 aromatic rings. The summed E-state index contributed by atoms with van der Waals surface area (Å²) in [5.74, 6) is 0. The number of hydrogen-bond donors (Lipinski definition) is 1. The van der Waals surface area contributed by atoms with Crippen LogP contribution in [-0.4, -0.2) is 11.8 Å². The second-order valence-electron chi connectivity index (χ2n) is 3.98. The van der Waals surface area contributed by atoms with Crippen molar-refractivity contribution >= 4 is 44.4 Å². The summed E-state index contributed by atoms with van der Waals surface area (Å²) in [5.41, 5.74) is 3.24. The van der Waals surface area contributed by atoms with E-state index in [1.54, 1.807) is 11.3 Å². The average Bonchev–Trinajstić information content (AvgIpc) is 2.75. The third kappa shape index (κ3) is 2.03. The fraction of sp³-hybridized carbons (Fsp3) is 0.154. The van der Waals surface area contributed by atoms with Gasteiger partial charge in [-0.15, -0.1) is 11.3 Å². The van der Waals surface area contributed by atoms with E-state index < -0.39 is 0 Å². The Bertz CT molecular complexity index is 589. The smallest absolute Gasteiger partial charge is 0.0866 e. The van der Waals surface area contributed by atoms with Crippen LogP contribution in [-0.2, 0) is 0 Å². The molecule has 0 bridgehead atoms. The highest BCUT2D eigenvalue weighted by molar-refractivity contribution is 9.11. The summed E-state index contributed by atoms with van der Waals surface area (Å²) in [5, 5.41) is 3.48. The van der Waals surface area contributed by atoms with Gasteiger partial charge in [0.15, 0.2) is 0 Å². The topological polar surface area (TPSA) is 24.4 Å². The highest BCUT2D eigenvalue weighted by atomic mass is 79.9. The number of rotatable bonds is 1. The number of hydrogen-bond acceptors (Lipinski definition) is 3. The average molecular weight is 307 g/mol. The van der Waals surface area contributed by atoms with Crippen LogP contribution in [0.15, 0.2) is 45.2 Å². The van der Waals surface area contributed by atoms with Gasteiger partial charge in [-0.05, 0) is 47.1 Å². The predicted molar refractivity (Wildman–Crippen MR) is 77.7 cm³/mol. The van der Waals surface area contributed by atoms with Gasteiger partial charge in [-0.2, -0.15) is 0 Å². The van der Waals surface area contributed by atoms with Gasteiger partial charge < -0.3 is 5.32 Å². The van der Waals surface area contributed by atoms with Gasteiger partial charge in [-0.3, -0.25) is 0 Å². The molecule has 1 aliphatic heterocycles. The molecule has 86 valence electrons. The van der Waals surface area contributed by atoms with Crippen molar-refractivity contribution in [3.8, 4) is 0 Å². The molecule has 0 amide bonds. The van der Waals surface area contributed by atoms with Gasteiger partial charge in [0.25, 0.3) is 0 Å². The Kier molecular flexibility index (Phi) is 2.76. The Hall–Kier alpha value is -1.13. The van der Waals surface area contributed by atoms with Crippen molar-refractivity contribution in [1.82, 2.24) is 0 Å². The first-order valence-corrected chi connectivity index (χ1v) is 7.05. The van der Waals surface area contributed by atoms with Crippen LogP contribution in [0.25, 0.3) is 0 Å². The Labute approximate surface area is 113 Å². The van der Waals surface area contributed by atoms with Gasteiger partial charge in [0.05, 0.1) is 31.8 Å². The number of anilines is 1. The summed E-state index contributed by atoms with van der Waals surface area (Å²) in [4.78, 5) is 5.97. The first-order valence-electron chi connectivity index (χ1n) is 5.44. The summed E-state index contributed by atoms with van der Waals surface area (Å²) in [6.45, 7) is 2.14. The van der Waals surface area contributed by atoms with E-state index >= 15 is 0 Å². The third-order valence-electron chi connectivity index (χ3n) is 2.75. The number of fused-ring (bicyclic) bond motifs is 1. The van der Waals surface area contributed by atoms with Crippen molar-refractivity contribution in [2.45, 2.75) is 13.0 Å². The quantitative estimate of drug-likeness (QED) is 0.827. The molecule has 1 N–H and O–H groups in total. The molecule has 1 atom stereocenters. The molecule has 4 heteroatoms. The lowest BCUT2D eigenvalue weighted by Crippen LogP contribution is -2.28. The lowest BCUT2D eigenvalue weighted by Gasteiger charge is -2.23. The van der Waals surface area contributed by atoms with Gasteiger partial charge in [0, 0.05) is 0 Å². The maximum Gasteiger partial charge on any atom is 0.0866 e. The Morgan fingerprint density at radius 1 is 1.24 bits per heavy atom. The number of para-hydroxylation sites is 2. The molecule has 2 nitrogen and oxygen atoms in total. The van der Waals surface area contributed by atoms with E-state index in [1.165, 1.54) is 4.88 Å². The number of benzene rings is 1. The molecule has 1 aromatic carbocycles. The number of aliphatic imine (C=N–C) groups is 1. The van der Waals surface area contributed by atoms with Crippen LogP contribution in [0.2, 0.25) is 0 Å². The maximum atomic E-state index is 4.75. The van der Waals surface area contributed by atoms with Crippen LogP contribution in [0.3, 0.4) is 0 Å². The zero-order chi connectivity index (χ0) is 11.8. The van der Waals surface area contributed by atoms with Crippen LogP contribution in [0.5, 0.6) is 0 Å². The molecular weight excluding hydrogens is 296 g/mol. The predicted octanol–water partition coefficient (Wildman–Crippen LogP) is 4.45. The molecule has 17 heavy (non-hydrogen) atoms. The van der Waals surface area contributed by atoms with E-state index in [2.05, 4.69) is 46.4 Å². The molecule has 0 aliphatic carbocycles. The van der Waals surface area contributed by atoms with Crippen LogP contribution < -0.4 is 5.32 Å². The van der Waals surface area contributed by atoms with Crippen molar-refractivity contribution in [3.63, 3.8) is 0 Å². The van der Waals surface area contributed by atoms with E-state index in [-0.39, 0.29) is 6.04 Å². The second-order valence-corrected chi connectivity index (χ2v) is 6.45. The monoisotopic (exact) mass is 306 g/mol. The minimum absolute atomic E-state index is 0.246. The summed E-state index contributed by atoms with van der Waals surface area (Å²) in [7, 11) is 0. The third-order valence-corrected chi connectivity index (χ3v) is 4.40. The Morgan fingerprint density at radius 3 is 2.82 bits per heavy atom. The summed E-state index contributed by atoms with van der Waals surface area (Å²) in [6, 6.07) is 12.6. The van der Waals surface area contributed by atoms with Crippen LogP contribution in [0, 0.1) is 0 Å². The molecule has 3 rings (SSSR count). The van der Waals surface area contributed by atoms with Gasteiger partial charge in [0.2, 0.25) is 0 Å². The van der Waals surface area contributed by atoms with Crippen LogP contribution in [0.4, 0.5) is 11.4 Å². The van der Waals surface area contributed by atoms with E-state index in [0.717, 1.165) is 20.9 Å². The largest absolute Gasteiger partial charge is 0.375 e. The minimum Gasteiger partial charge on any atom is -0.375 e. The fourth-order valence-corrected chi connectivity index (χ4v) is 3.41. The van der Waals surface area contributed by atoms with Gasteiger partial charge >= 0.3 is 0 Å². The van der Waals surface area contributed by atoms with Crippen molar-refractivity contribution in [1.29, 1.82) is 0 Å². The number of thiophene rings is 1. The van der Waals surface area contributed by atoms with E-state index in [0.29, 0.717) is 0 Å². The van der Waals surface area contributed by atoms with Crippen molar-refractivity contribution < 1.29 is 0 Å². The molecule has 0 spiro atoms. The lowest BCUT2D eigenvalue weighted by atomic mass is 10.1. The molecule has 2 heterocycles. The molecule has 1 aromatic heterocycles. The van der Waals surface area contributed by atoms with Crippen LogP contribution >= 0.6 is 27.3 Å². The summed E-state index contributed by atoms with van der Waals surface area (Å²) >= 11 is 5.21. The molecule has 0 unspecified atom stereocenters. The Balaban J connectivity index is 2.09. The number of nitrogens with zero attached hydrogens (tertiary/aromatic N) is 1. The number of halogens is 1. The zero-order valence-electron chi connectivity index (χ0n) is 9.27.